The van der Waals surface area contributed by atoms with E-state index in [1.807, 2.05) is 12.1 Å². The molecule has 0 aromatic heterocycles. The highest BCUT2D eigenvalue weighted by Gasteiger charge is 1.94. The van der Waals surface area contributed by atoms with Crippen LogP contribution in [0.2, 0.25) is 0 Å². The molecule has 2 rings (SSSR count). The van der Waals surface area contributed by atoms with Gasteiger partial charge in [-0.1, -0.05) is 54.1 Å². The second-order valence-corrected chi connectivity index (χ2v) is 3.57. The van der Waals surface area contributed by atoms with E-state index >= 15 is 0 Å². The van der Waals surface area contributed by atoms with Gasteiger partial charge in [0.2, 0.25) is 0 Å². The average Bonchev–Trinajstić information content (AvgIpc) is 2.23. The summed E-state index contributed by atoms with van der Waals surface area (Å²) in [7, 11) is 0. The van der Waals surface area contributed by atoms with Gasteiger partial charge in [0, 0.05) is 0 Å². The molecule has 0 heteroatoms. The van der Waals surface area contributed by atoms with E-state index < -0.39 is 0 Å². The van der Waals surface area contributed by atoms with Crippen LogP contribution in [0.1, 0.15) is 16.7 Å². The smallest absolute Gasteiger partial charge is 0.00258 e. The molecular formula is C14H13. The van der Waals surface area contributed by atoms with Gasteiger partial charge in [0.05, 0.1) is 0 Å². The van der Waals surface area contributed by atoms with Crippen LogP contribution in [0.15, 0.2) is 48.5 Å². The molecule has 0 saturated heterocycles. The van der Waals surface area contributed by atoms with Crippen LogP contribution in [-0.2, 0) is 6.42 Å². The summed E-state index contributed by atoms with van der Waals surface area (Å²) in [6, 6.07) is 19.9. The van der Waals surface area contributed by atoms with Crippen molar-refractivity contribution in [3.63, 3.8) is 0 Å². The van der Waals surface area contributed by atoms with Gasteiger partial charge in [0.25, 0.3) is 0 Å². The van der Waals surface area contributed by atoms with Crippen LogP contribution in [-0.4, -0.2) is 0 Å². The predicted molar refractivity (Wildman–Crippen MR) is 59.3 cm³/mol. The van der Waals surface area contributed by atoms with Crippen LogP contribution >= 0.6 is 0 Å². The van der Waals surface area contributed by atoms with Crippen molar-refractivity contribution in [3.05, 3.63) is 71.3 Å². The average molecular weight is 181 g/mol. The van der Waals surface area contributed by atoms with Gasteiger partial charge in [-0.15, -0.1) is 0 Å². The normalized spacial score (nSPS) is 10.1. The molecule has 0 N–H and O–H groups in total. The molecule has 0 atom stereocenters. The van der Waals surface area contributed by atoms with Crippen molar-refractivity contribution in [1.82, 2.24) is 0 Å². The van der Waals surface area contributed by atoms with E-state index in [-0.39, 0.29) is 0 Å². The SMILES string of the molecule is Cc1ccc(Cc2cc[c]cc2)cc1. The first kappa shape index (κ1) is 9.01. The maximum absolute atomic E-state index is 3.03. The van der Waals surface area contributed by atoms with Crippen molar-refractivity contribution in [3.8, 4) is 0 Å². The molecule has 0 bridgehead atoms. The van der Waals surface area contributed by atoms with E-state index in [1.165, 1.54) is 16.7 Å². The molecule has 0 aliphatic carbocycles. The number of benzene rings is 2. The Morgan fingerprint density at radius 2 is 1.43 bits per heavy atom. The van der Waals surface area contributed by atoms with Gasteiger partial charge < -0.3 is 0 Å². The summed E-state index contributed by atoms with van der Waals surface area (Å²) in [6.45, 7) is 2.11. The minimum atomic E-state index is 1.01. The highest BCUT2D eigenvalue weighted by molar-refractivity contribution is 5.27. The molecule has 1 radical (unpaired) electrons. The van der Waals surface area contributed by atoms with Gasteiger partial charge in [-0.2, -0.15) is 0 Å². The minimum Gasteiger partial charge on any atom is -0.0590 e. The van der Waals surface area contributed by atoms with Crippen molar-refractivity contribution in [1.29, 1.82) is 0 Å². The van der Waals surface area contributed by atoms with Gasteiger partial charge in [0.15, 0.2) is 0 Å². The molecule has 0 heterocycles. The summed E-state index contributed by atoms with van der Waals surface area (Å²) >= 11 is 0. The first-order valence-corrected chi connectivity index (χ1v) is 4.85. The summed E-state index contributed by atoms with van der Waals surface area (Å²) in [4.78, 5) is 0. The van der Waals surface area contributed by atoms with Crippen LogP contribution < -0.4 is 0 Å². The lowest BCUT2D eigenvalue weighted by atomic mass is 10.0. The Kier molecular flexibility index (Phi) is 2.64. The van der Waals surface area contributed by atoms with Crippen LogP contribution in [0, 0.1) is 13.0 Å². The third-order valence-corrected chi connectivity index (χ3v) is 2.32. The molecule has 0 amide bonds. The van der Waals surface area contributed by atoms with Crippen molar-refractivity contribution >= 4 is 0 Å². The molecule has 0 aliphatic rings. The van der Waals surface area contributed by atoms with E-state index in [0.29, 0.717) is 0 Å². The molecular weight excluding hydrogens is 168 g/mol. The zero-order valence-electron chi connectivity index (χ0n) is 8.33. The number of rotatable bonds is 2. The van der Waals surface area contributed by atoms with Crippen LogP contribution in [0.25, 0.3) is 0 Å². The maximum Gasteiger partial charge on any atom is -0.00258 e. The highest BCUT2D eigenvalue weighted by Crippen LogP contribution is 2.09. The van der Waals surface area contributed by atoms with E-state index in [2.05, 4.69) is 49.4 Å². The third-order valence-electron chi connectivity index (χ3n) is 2.32. The zero-order chi connectivity index (χ0) is 9.80. The van der Waals surface area contributed by atoms with Crippen molar-refractivity contribution in [2.45, 2.75) is 13.3 Å². The Morgan fingerprint density at radius 1 is 0.857 bits per heavy atom. The lowest BCUT2D eigenvalue weighted by molar-refractivity contribution is 1.19. The summed E-state index contributed by atoms with van der Waals surface area (Å²) < 4.78 is 0. The van der Waals surface area contributed by atoms with E-state index in [9.17, 15) is 0 Å². The molecule has 2 aromatic carbocycles. The van der Waals surface area contributed by atoms with Gasteiger partial charge >= 0.3 is 0 Å². The number of aryl methyl sites for hydroxylation is 1. The fourth-order valence-corrected chi connectivity index (χ4v) is 1.48. The van der Waals surface area contributed by atoms with Crippen molar-refractivity contribution < 1.29 is 0 Å². The monoisotopic (exact) mass is 181 g/mol. The zero-order valence-corrected chi connectivity index (χ0v) is 8.33. The van der Waals surface area contributed by atoms with Crippen LogP contribution in [0.3, 0.4) is 0 Å². The molecule has 2 aromatic rings. The van der Waals surface area contributed by atoms with Crippen LogP contribution in [0.5, 0.6) is 0 Å². The second-order valence-electron chi connectivity index (χ2n) is 3.57. The number of hydrogen-bond donors (Lipinski definition) is 0. The van der Waals surface area contributed by atoms with Crippen LogP contribution in [0.4, 0.5) is 0 Å². The molecule has 0 unspecified atom stereocenters. The Labute approximate surface area is 85.2 Å². The lowest BCUT2D eigenvalue weighted by Gasteiger charge is -2.01. The summed E-state index contributed by atoms with van der Waals surface area (Å²) in [5.74, 6) is 0. The topological polar surface area (TPSA) is 0 Å². The molecule has 69 valence electrons. The summed E-state index contributed by atoms with van der Waals surface area (Å²) in [6.07, 6.45) is 1.01. The van der Waals surface area contributed by atoms with E-state index in [1.54, 1.807) is 0 Å². The number of hydrogen-bond acceptors (Lipinski definition) is 0. The van der Waals surface area contributed by atoms with Crippen molar-refractivity contribution in [2.75, 3.05) is 0 Å². The Morgan fingerprint density at radius 3 is 2.07 bits per heavy atom. The second kappa shape index (κ2) is 4.10. The Bertz CT molecular complexity index is 384. The first-order chi connectivity index (χ1) is 6.84. The molecule has 0 aliphatic heterocycles. The van der Waals surface area contributed by atoms with Gasteiger partial charge in [-0.3, -0.25) is 0 Å². The summed E-state index contributed by atoms with van der Waals surface area (Å²) in [5.41, 5.74) is 4.02. The molecule has 14 heavy (non-hydrogen) atoms. The predicted octanol–water partition coefficient (Wildman–Crippen LogP) is 3.39. The minimum absolute atomic E-state index is 1.01. The van der Waals surface area contributed by atoms with Gasteiger partial charge in [-0.05, 0) is 30.5 Å². The van der Waals surface area contributed by atoms with E-state index in [4.69, 9.17) is 0 Å². The molecule has 0 nitrogen and oxygen atoms in total. The van der Waals surface area contributed by atoms with Gasteiger partial charge in [-0.25, -0.2) is 0 Å². The first-order valence-electron chi connectivity index (χ1n) is 4.85. The van der Waals surface area contributed by atoms with E-state index in [0.717, 1.165) is 6.42 Å². The maximum atomic E-state index is 3.03. The Balaban J connectivity index is 2.16. The standard InChI is InChI=1S/C14H13/c1-12-7-9-14(10-8-12)11-13-5-3-2-4-6-13/h3-10H,11H2,1H3. The fraction of sp³-hybridized carbons (Fsp3) is 0.143. The van der Waals surface area contributed by atoms with Gasteiger partial charge in [0.1, 0.15) is 0 Å². The molecule has 0 fully saturated rings. The highest BCUT2D eigenvalue weighted by atomic mass is 14.0. The summed E-state index contributed by atoms with van der Waals surface area (Å²) in [5, 5.41) is 0. The third kappa shape index (κ3) is 2.23. The lowest BCUT2D eigenvalue weighted by Crippen LogP contribution is -1.87. The quantitative estimate of drug-likeness (QED) is 0.666. The van der Waals surface area contributed by atoms with Crippen molar-refractivity contribution in [2.24, 2.45) is 0 Å². The largest absolute Gasteiger partial charge is 0.0590 e. The fourth-order valence-electron chi connectivity index (χ4n) is 1.48. The Hall–Kier alpha value is -1.56. The molecule has 0 spiro atoms. The molecule has 0 saturated carbocycles.